The van der Waals surface area contributed by atoms with E-state index in [1.54, 1.807) is 7.11 Å². The Hall–Kier alpha value is -1.47. The Morgan fingerprint density at radius 2 is 1.84 bits per heavy atom. The molecular weight excluding hydrogens is 256 g/mol. The van der Waals surface area contributed by atoms with Crippen molar-refractivity contribution in [2.45, 2.75) is 27.2 Å². The van der Waals surface area contributed by atoms with Crippen LogP contribution >= 0.6 is 11.6 Å². The van der Waals surface area contributed by atoms with Crippen LogP contribution in [-0.4, -0.2) is 7.11 Å². The summed E-state index contributed by atoms with van der Waals surface area (Å²) >= 11 is 6.39. The Morgan fingerprint density at radius 1 is 1.11 bits per heavy atom. The van der Waals surface area contributed by atoms with Gasteiger partial charge in [0.05, 0.1) is 7.11 Å². The number of hydrogen-bond donors (Lipinski definition) is 0. The first kappa shape index (κ1) is 14.0. The largest absolute Gasteiger partial charge is 0.496 e. The van der Waals surface area contributed by atoms with Gasteiger partial charge in [-0.1, -0.05) is 36.2 Å². The molecule has 19 heavy (non-hydrogen) atoms. The Balaban J connectivity index is 2.79. The first-order chi connectivity index (χ1) is 9.08. The zero-order chi connectivity index (χ0) is 14.0. The summed E-state index contributed by atoms with van der Waals surface area (Å²) in [5.41, 5.74) is 5.95. The van der Waals surface area contributed by atoms with Gasteiger partial charge in [0.25, 0.3) is 0 Å². The molecule has 2 aromatic carbocycles. The van der Waals surface area contributed by atoms with Crippen molar-refractivity contribution >= 4 is 11.6 Å². The highest BCUT2D eigenvalue weighted by Gasteiger charge is 2.15. The first-order valence-corrected chi connectivity index (χ1v) is 6.89. The smallest absolute Gasteiger partial charge is 0.127 e. The number of benzene rings is 2. The predicted molar refractivity (Wildman–Crippen MR) is 82.3 cm³/mol. The summed E-state index contributed by atoms with van der Waals surface area (Å²) in [6.45, 7) is 6.37. The van der Waals surface area contributed by atoms with E-state index in [-0.39, 0.29) is 0 Å². The summed E-state index contributed by atoms with van der Waals surface area (Å²) in [6.07, 6.45) is 0.961. The molecule has 0 radical (unpaired) electrons. The minimum absolute atomic E-state index is 0.768. The number of methoxy groups -OCH3 is 1. The van der Waals surface area contributed by atoms with Gasteiger partial charge in [-0.25, -0.2) is 0 Å². The van der Waals surface area contributed by atoms with Crippen LogP contribution < -0.4 is 4.74 Å². The average molecular weight is 275 g/mol. The fourth-order valence-electron chi connectivity index (χ4n) is 2.48. The van der Waals surface area contributed by atoms with Gasteiger partial charge in [-0.05, 0) is 49.6 Å². The zero-order valence-electron chi connectivity index (χ0n) is 11.9. The minimum atomic E-state index is 0.768. The Bertz CT molecular complexity index is 602. The van der Waals surface area contributed by atoms with Crippen molar-refractivity contribution in [2.75, 3.05) is 7.11 Å². The van der Waals surface area contributed by atoms with E-state index in [1.165, 1.54) is 16.7 Å². The number of hydrogen-bond acceptors (Lipinski definition) is 1. The van der Waals surface area contributed by atoms with E-state index in [0.717, 1.165) is 28.3 Å². The quantitative estimate of drug-likeness (QED) is 0.748. The van der Waals surface area contributed by atoms with Gasteiger partial charge >= 0.3 is 0 Å². The summed E-state index contributed by atoms with van der Waals surface area (Å²) < 4.78 is 5.53. The molecule has 0 atom stereocenters. The molecule has 0 heterocycles. The highest BCUT2D eigenvalue weighted by Crippen LogP contribution is 2.39. The van der Waals surface area contributed by atoms with E-state index in [9.17, 15) is 0 Å². The third kappa shape index (κ3) is 2.62. The van der Waals surface area contributed by atoms with Crippen molar-refractivity contribution in [1.29, 1.82) is 0 Å². The van der Waals surface area contributed by atoms with Crippen molar-refractivity contribution in [2.24, 2.45) is 0 Å². The molecule has 0 aliphatic rings. The summed E-state index contributed by atoms with van der Waals surface area (Å²) in [7, 11) is 1.71. The molecule has 2 aromatic rings. The molecule has 0 N–H and O–H groups in total. The van der Waals surface area contributed by atoms with Gasteiger partial charge < -0.3 is 4.74 Å². The third-order valence-corrected chi connectivity index (χ3v) is 3.80. The van der Waals surface area contributed by atoms with E-state index in [1.807, 2.05) is 18.2 Å². The average Bonchev–Trinajstić information content (AvgIpc) is 2.41. The maximum absolute atomic E-state index is 6.39. The van der Waals surface area contributed by atoms with Gasteiger partial charge in [0.1, 0.15) is 5.75 Å². The third-order valence-electron chi connectivity index (χ3n) is 3.47. The molecule has 0 saturated carbocycles. The monoisotopic (exact) mass is 274 g/mol. The van der Waals surface area contributed by atoms with Crippen molar-refractivity contribution in [3.05, 3.63) is 52.0 Å². The second-order valence-electron chi connectivity index (χ2n) is 4.78. The molecule has 0 aliphatic heterocycles. The van der Waals surface area contributed by atoms with Crippen LogP contribution in [0.15, 0.2) is 30.3 Å². The van der Waals surface area contributed by atoms with Crippen molar-refractivity contribution in [1.82, 2.24) is 0 Å². The van der Waals surface area contributed by atoms with Gasteiger partial charge in [-0.15, -0.1) is 0 Å². The van der Waals surface area contributed by atoms with Gasteiger partial charge in [0, 0.05) is 16.1 Å². The molecule has 0 saturated heterocycles. The lowest BCUT2D eigenvalue weighted by molar-refractivity contribution is 0.416. The molecule has 0 aliphatic carbocycles. The molecule has 2 heteroatoms. The second-order valence-corrected chi connectivity index (χ2v) is 5.18. The van der Waals surface area contributed by atoms with E-state index < -0.39 is 0 Å². The Kier molecular flexibility index (Phi) is 4.16. The minimum Gasteiger partial charge on any atom is -0.496 e. The van der Waals surface area contributed by atoms with Crippen molar-refractivity contribution in [3.8, 4) is 16.9 Å². The number of aryl methyl sites for hydroxylation is 2. The van der Waals surface area contributed by atoms with Crippen LogP contribution in [0.3, 0.4) is 0 Å². The first-order valence-electron chi connectivity index (χ1n) is 6.51. The summed E-state index contributed by atoms with van der Waals surface area (Å²) in [5, 5.41) is 0.768. The molecule has 2 rings (SSSR count). The molecule has 0 amide bonds. The molecule has 100 valence electrons. The normalized spacial score (nSPS) is 10.6. The molecular formula is C17H19ClO. The van der Waals surface area contributed by atoms with Crippen LogP contribution in [0.1, 0.15) is 23.6 Å². The van der Waals surface area contributed by atoms with Gasteiger partial charge in [-0.2, -0.15) is 0 Å². The number of ether oxygens (including phenoxy) is 1. The lowest BCUT2D eigenvalue weighted by Crippen LogP contribution is -1.97. The van der Waals surface area contributed by atoms with Crippen LogP contribution in [-0.2, 0) is 6.42 Å². The van der Waals surface area contributed by atoms with E-state index in [4.69, 9.17) is 16.3 Å². The van der Waals surface area contributed by atoms with Crippen LogP contribution in [0.4, 0.5) is 0 Å². The summed E-state index contributed by atoms with van der Waals surface area (Å²) in [6, 6.07) is 10.2. The highest BCUT2D eigenvalue weighted by atomic mass is 35.5. The van der Waals surface area contributed by atoms with E-state index in [0.29, 0.717) is 0 Å². The van der Waals surface area contributed by atoms with Crippen LogP contribution in [0.25, 0.3) is 11.1 Å². The maximum Gasteiger partial charge on any atom is 0.127 e. The summed E-state index contributed by atoms with van der Waals surface area (Å²) in [4.78, 5) is 0. The van der Waals surface area contributed by atoms with Crippen molar-refractivity contribution in [3.63, 3.8) is 0 Å². The van der Waals surface area contributed by atoms with E-state index in [2.05, 4.69) is 32.9 Å². The van der Waals surface area contributed by atoms with Crippen LogP contribution in [0.5, 0.6) is 5.75 Å². The van der Waals surface area contributed by atoms with Gasteiger partial charge in [-0.3, -0.25) is 0 Å². The number of rotatable bonds is 3. The Morgan fingerprint density at radius 3 is 2.47 bits per heavy atom. The maximum atomic E-state index is 6.39. The van der Waals surface area contributed by atoms with Crippen LogP contribution in [0, 0.1) is 13.8 Å². The Labute approximate surface area is 120 Å². The van der Waals surface area contributed by atoms with Gasteiger partial charge in [0.2, 0.25) is 0 Å². The van der Waals surface area contributed by atoms with Crippen LogP contribution in [0.2, 0.25) is 5.02 Å². The predicted octanol–water partition coefficient (Wildman–Crippen LogP) is 5.19. The SMILES string of the molecule is CCc1c(C)ccc(OC)c1-c1cc(C)ccc1Cl. The lowest BCUT2D eigenvalue weighted by Gasteiger charge is -2.17. The van der Waals surface area contributed by atoms with E-state index >= 15 is 0 Å². The zero-order valence-corrected chi connectivity index (χ0v) is 12.6. The molecule has 0 aromatic heterocycles. The second kappa shape index (κ2) is 5.66. The standard InChI is InChI=1S/C17H19ClO/c1-5-13-12(3)7-9-16(19-4)17(13)14-10-11(2)6-8-15(14)18/h6-10H,5H2,1-4H3. The summed E-state index contributed by atoms with van der Waals surface area (Å²) in [5.74, 6) is 0.884. The van der Waals surface area contributed by atoms with Crippen molar-refractivity contribution < 1.29 is 4.74 Å². The lowest BCUT2D eigenvalue weighted by atomic mass is 9.92. The fourth-order valence-corrected chi connectivity index (χ4v) is 2.69. The molecule has 0 bridgehead atoms. The highest BCUT2D eigenvalue weighted by molar-refractivity contribution is 6.33. The molecule has 1 nitrogen and oxygen atoms in total. The number of halogens is 1. The fraction of sp³-hybridized carbons (Fsp3) is 0.294. The topological polar surface area (TPSA) is 9.23 Å². The molecule has 0 unspecified atom stereocenters. The molecule has 0 spiro atoms. The molecule has 0 fully saturated rings. The van der Waals surface area contributed by atoms with Gasteiger partial charge in [0.15, 0.2) is 0 Å².